The maximum Gasteiger partial charge on any atom is 0.236 e. The zero-order chi connectivity index (χ0) is 12.3. The minimum atomic E-state index is -3.50. The van der Waals surface area contributed by atoms with E-state index in [-0.39, 0.29) is 5.75 Å². The molecule has 94 valence electrons. The van der Waals surface area contributed by atoms with E-state index in [0.717, 1.165) is 18.8 Å². The molecular formula is C11H14ClNO3S. The number of rotatable bonds is 3. The van der Waals surface area contributed by atoms with E-state index in [1.54, 1.807) is 6.07 Å². The van der Waals surface area contributed by atoms with Gasteiger partial charge in [-0.05, 0) is 17.7 Å². The molecule has 1 aromatic carbocycles. The fraction of sp³-hybridized carbons (Fsp3) is 0.455. The van der Waals surface area contributed by atoms with Gasteiger partial charge in [0.1, 0.15) is 0 Å². The maximum atomic E-state index is 11.0. The van der Waals surface area contributed by atoms with Gasteiger partial charge in [0.15, 0.2) is 0 Å². The van der Waals surface area contributed by atoms with Crippen molar-refractivity contribution in [3.63, 3.8) is 0 Å². The molecule has 17 heavy (non-hydrogen) atoms. The van der Waals surface area contributed by atoms with Crippen LogP contribution in [0.25, 0.3) is 0 Å². The maximum absolute atomic E-state index is 11.0. The van der Waals surface area contributed by atoms with Crippen molar-refractivity contribution in [2.75, 3.05) is 31.2 Å². The summed E-state index contributed by atoms with van der Waals surface area (Å²) in [7, 11) is 1.75. The molecule has 1 aliphatic heterocycles. The van der Waals surface area contributed by atoms with Gasteiger partial charge in [-0.15, -0.1) is 0 Å². The monoisotopic (exact) mass is 275 g/mol. The number of benzene rings is 1. The molecule has 1 aromatic rings. The lowest BCUT2D eigenvalue weighted by molar-refractivity contribution is 0.122. The molecule has 1 fully saturated rings. The Bertz CT molecular complexity index is 483. The van der Waals surface area contributed by atoms with Crippen molar-refractivity contribution < 1.29 is 13.2 Å². The molecule has 0 spiro atoms. The molecule has 0 radical (unpaired) electrons. The molecule has 6 heteroatoms. The standard InChI is InChI=1S/C11H14ClNO3S/c12-17(14,15)9-10-2-1-3-11(8-10)13-4-6-16-7-5-13/h1-3,8H,4-7,9H2. The summed E-state index contributed by atoms with van der Waals surface area (Å²) in [5.41, 5.74) is 1.73. The summed E-state index contributed by atoms with van der Waals surface area (Å²) in [6.07, 6.45) is 0. The number of hydrogen-bond acceptors (Lipinski definition) is 4. The van der Waals surface area contributed by atoms with Crippen molar-refractivity contribution in [2.45, 2.75) is 5.75 Å². The summed E-state index contributed by atoms with van der Waals surface area (Å²) < 4.78 is 27.3. The van der Waals surface area contributed by atoms with E-state index < -0.39 is 9.05 Å². The predicted octanol–water partition coefficient (Wildman–Crippen LogP) is 1.59. The quantitative estimate of drug-likeness (QED) is 0.786. The normalized spacial score (nSPS) is 17.1. The predicted molar refractivity (Wildman–Crippen MR) is 68.0 cm³/mol. The highest BCUT2D eigenvalue weighted by molar-refractivity contribution is 8.13. The largest absolute Gasteiger partial charge is 0.378 e. The summed E-state index contributed by atoms with van der Waals surface area (Å²) in [6.45, 7) is 3.07. The minimum Gasteiger partial charge on any atom is -0.378 e. The van der Waals surface area contributed by atoms with Crippen molar-refractivity contribution >= 4 is 25.4 Å². The molecule has 0 unspecified atom stereocenters. The van der Waals surface area contributed by atoms with Gasteiger partial charge >= 0.3 is 0 Å². The van der Waals surface area contributed by atoms with Crippen molar-refractivity contribution in [1.29, 1.82) is 0 Å². The van der Waals surface area contributed by atoms with Crippen molar-refractivity contribution in [3.8, 4) is 0 Å². The van der Waals surface area contributed by atoms with Gasteiger partial charge in [0.05, 0.1) is 19.0 Å². The second-order valence-corrected chi connectivity index (χ2v) is 6.73. The molecule has 0 N–H and O–H groups in total. The molecule has 0 bridgehead atoms. The van der Waals surface area contributed by atoms with E-state index >= 15 is 0 Å². The highest BCUT2D eigenvalue weighted by atomic mass is 35.7. The van der Waals surface area contributed by atoms with Crippen molar-refractivity contribution in [1.82, 2.24) is 0 Å². The Labute approximate surface area is 106 Å². The lowest BCUT2D eigenvalue weighted by atomic mass is 10.2. The van der Waals surface area contributed by atoms with E-state index in [4.69, 9.17) is 15.4 Å². The van der Waals surface area contributed by atoms with Crippen LogP contribution < -0.4 is 4.90 Å². The van der Waals surface area contributed by atoms with Gasteiger partial charge in [-0.3, -0.25) is 0 Å². The van der Waals surface area contributed by atoms with Gasteiger partial charge in [0.2, 0.25) is 9.05 Å². The van der Waals surface area contributed by atoms with E-state index in [1.807, 2.05) is 18.2 Å². The third kappa shape index (κ3) is 3.87. The number of anilines is 1. The number of ether oxygens (including phenoxy) is 1. The van der Waals surface area contributed by atoms with E-state index in [2.05, 4.69) is 4.90 Å². The molecule has 1 heterocycles. The zero-order valence-electron chi connectivity index (χ0n) is 9.30. The summed E-state index contributed by atoms with van der Waals surface area (Å²) in [6, 6.07) is 7.45. The highest BCUT2D eigenvalue weighted by Crippen LogP contribution is 2.19. The van der Waals surface area contributed by atoms with Crippen LogP contribution >= 0.6 is 10.7 Å². The van der Waals surface area contributed by atoms with Crippen LogP contribution in [0.4, 0.5) is 5.69 Å². The first kappa shape index (κ1) is 12.7. The fourth-order valence-electron chi connectivity index (χ4n) is 1.86. The topological polar surface area (TPSA) is 46.6 Å². The average Bonchev–Trinajstić information content (AvgIpc) is 2.28. The summed E-state index contributed by atoms with van der Waals surface area (Å²) in [5, 5.41) is 0. The zero-order valence-corrected chi connectivity index (χ0v) is 10.9. The van der Waals surface area contributed by atoms with Crippen LogP contribution in [-0.2, 0) is 19.5 Å². The van der Waals surface area contributed by atoms with Crippen LogP contribution in [0.3, 0.4) is 0 Å². The Morgan fingerprint density at radius 3 is 2.65 bits per heavy atom. The highest BCUT2D eigenvalue weighted by Gasteiger charge is 2.13. The van der Waals surface area contributed by atoms with Gasteiger partial charge in [-0.1, -0.05) is 12.1 Å². The molecule has 4 nitrogen and oxygen atoms in total. The SMILES string of the molecule is O=S(=O)(Cl)Cc1cccc(N2CCOCC2)c1. The minimum absolute atomic E-state index is 0.132. The summed E-state index contributed by atoms with van der Waals surface area (Å²) in [5.74, 6) is -0.132. The van der Waals surface area contributed by atoms with Crippen molar-refractivity contribution in [3.05, 3.63) is 29.8 Å². The Hall–Kier alpha value is -0.780. The lowest BCUT2D eigenvalue weighted by Gasteiger charge is -2.29. The second-order valence-electron chi connectivity index (χ2n) is 3.95. The van der Waals surface area contributed by atoms with Crippen LogP contribution in [0.15, 0.2) is 24.3 Å². The number of halogens is 1. The Kier molecular flexibility index (Phi) is 3.91. The van der Waals surface area contributed by atoms with Crippen LogP contribution in [0, 0.1) is 0 Å². The third-order valence-corrected chi connectivity index (χ3v) is 3.63. The van der Waals surface area contributed by atoms with E-state index in [9.17, 15) is 8.42 Å². The number of nitrogens with zero attached hydrogens (tertiary/aromatic N) is 1. The van der Waals surface area contributed by atoms with Crippen LogP contribution in [-0.4, -0.2) is 34.7 Å². The van der Waals surface area contributed by atoms with E-state index in [0.29, 0.717) is 18.8 Å². The van der Waals surface area contributed by atoms with Crippen LogP contribution in [0.1, 0.15) is 5.56 Å². The number of morpholine rings is 1. The van der Waals surface area contributed by atoms with Crippen LogP contribution in [0.5, 0.6) is 0 Å². The first-order valence-electron chi connectivity index (χ1n) is 5.38. The lowest BCUT2D eigenvalue weighted by Crippen LogP contribution is -2.36. The van der Waals surface area contributed by atoms with Gasteiger partial charge in [-0.2, -0.15) is 0 Å². The van der Waals surface area contributed by atoms with Crippen molar-refractivity contribution in [2.24, 2.45) is 0 Å². The molecule has 0 amide bonds. The molecule has 0 atom stereocenters. The Balaban J connectivity index is 2.16. The molecule has 1 saturated heterocycles. The summed E-state index contributed by atoms with van der Waals surface area (Å²) in [4.78, 5) is 2.17. The first-order valence-corrected chi connectivity index (χ1v) is 7.86. The molecule has 1 aliphatic rings. The third-order valence-electron chi connectivity index (χ3n) is 2.63. The first-order chi connectivity index (χ1) is 8.04. The van der Waals surface area contributed by atoms with Gasteiger partial charge in [0, 0.05) is 29.5 Å². The molecule has 0 saturated carbocycles. The molecular weight excluding hydrogens is 262 g/mol. The fourth-order valence-corrected chi connectivity index (χ4v) is 2.82. The van der Waals surface area contributed by atoms with Crippen LogP contribution in [0.2, 0.25) is 0 Å². The summed E-state index contributed by atoms with van der Waals surface area (Å²) >= 11 is 0. The molecule has 0 aliphatic carbocycles. The van der Waals surface area contributed by atoms with E-state index in [1.165, 1.54) is 0 Å². The average molecular weight is 276 g/mol. The smallest absolute Gasteiger partial charge is 0.236 e. The second kappa shape index (κ2) is 5.25. The Morgan fingerprint density at radius 1 is 1.29 bits per heavy atom. The molecule has 0 aromatic heterocycles. The van der Waals surface area contributed by atoms with Gasteiger partial charge in [-0.25, -0.2) is 8.42 Å². The number of hydrogen-bond donors (Lipinski definition) is 0. The Morgan fingerprint density at radius 2 is 2.00 bits per heavy atom. The van der Waals surface area contributed by atoms with Gasteiger partial charge < -0.3 is 9.64 Å². The molecule has 2 rings (SSSR count). The van der Waals surface area contributed by atoms with Gasteiger partial charge in [0.25, 0.3) is 0 Å².